The zero-order valence-corrected chi connectivity index (χ0v) is 17.1. The maximum Gasteiger partial charge on any atom is 0.218 e. The minimum Gasteiger partial charge on any atom is -0.494 e. The van der Waals surface area contributed by atoms with E-state index in [-0.39, 0.29) is 24.0 Å². The van der Waals surface area contributed by atoms with Gasteiger partial charge in [0.15, 0.2) is 5.96 Å². The fourth-order valence-corrected chi connectivity index (χ4v) is 2.27. The molecule has 2 rings (SSSR count). The molecule has 0 bridgehead atoms. The second-order valence-electron chi connectivity index (χ2n) is 4.99. The molecule has 1 aromatic carbocycles. The summed E-state index contributed by atoms with van der Waals surface area (Å²) in [7, 11) is 3.35. The van der Waals surface area contributed by atoms with Gasteiger partial charge in [0.25, 0.3) is 0 Å². The lowest BCUT2D eigenvalue weighted by atomic mass is 10.2. The van der Waals surface area contributed by atoms with Gasteiger partial charge in [-0.05, 0) is 19.1 Å². The first-order valence-corrected chi connectivity index (χ1v) is 7.91. The second-order valence-corrected chi connectivity index (χ2v) is 4.99. The van der Waals surface area contributed by atoms with Crippen molar-refractivity contribution in [2.24, 2.45) is 4.99 Å². The minimum atomic E-state index is 0. The quantitative estimate of drug-likeness (QED) is 0.381. The van der Waals surface area contributed by atoms with Gasteiger partial charge in [-0.2, -0.15) is 0 Å². The van der Waals surface area contributed by atoms with Gasteiger partial charge in [-0.1, -0.05) is 24.3 Å². The fraction of sp³-hybridized carbons (Fsp3) is 0.333. The number of benzene rings is 1. The number of nitrogens with one attached hydrogen (secondary N) is 2. The van der Waals surface area contributed by atoms with Gasteiger partial charge < -0.3 is 20.1 Å². The molecular weight excluding hydrogens is 431 g/mol. The Hall–Kier alpha value is -2.03. The molecule has 0 fully saturated rings. The first-order valence-electron chi connectivity index (χ1n) is 7.91. The molecule has 2 N–H and O–H groups in total. The van der Waals surface area contributed by atoms with Crippen molar-refractivity contribution < 1.29 is 9.47 Å². The van der Waals surface area contributed by atoms with Crippen molar-refractivity contribution in [1.29, 1.82) is 0 Å². The predicted octanol–water partition coefficient (Wildman–Crippen LogP) is 2.97. The SMILES string of the molecule is CCOc1ccccc1CNC(=NC)NCc1cccnc1OC.I. The number of aliphatic imine (C=N–C) groups is 1. The molecule has 0 atom stereocenters. The van der Waals surface area contributed by atoms with E-state index in [4.69, 9.17) is 9.47 Å². The van der Waals surface area contributed by atoms with Crippen LogP contribution in [0.2, 0.25) is 0 Å². The molecule has 7 heteroatoms. The van der Waals surface area contributed by atoms with Gasteiger partial charge in [0.2, 0.25) is 5.88 Å². The summed E-state index contributed by atoms with van der Waals surface area (Å²) < 4.78 is 10.9. The van der Waals surface area contributed by atoms with Crippen LogP contribution in [0.3, 0.4) is 0 Å². The van der Waals surface area contributed by atoms with Crippen molar-refractivity contribution in [1.82, 2.24) is 15.6 Å². The molecule has 0 radical (unpaired) electrons. The Balaban J connectivity index is 0.00000312. The van der Waals surface area contributed by atoms with Gasteiger partial charge in [0.1, 0.15) is 5.75 Å². The van der Waals surface area contributed by atoms with E-state index in [1.807, 2.05) is 43.3 Å². The normalized spacial score (nSPS) is 10.6. The van der Waals surface area contributed by atoms with Crippen molar-refractivity contribution in [3.8, 4) is 11.6 Å². The molecule has 1 heterocycles. The second kappa shape index (κ2) is 11.5. The van der Waals surface area contributed by atoms with Gasteiger partial charge in [-0.25, -0.2) is 4.98 Å². The van der Waals surface area contributed by atoms with Gasteiger partial charge in [-0.15, -0.1) is 24.0 Å². The lowest BCUT2D eigenvalue weighted by Crippen LogP contribution is -2.36. The molecule has 136 valence electrons. The Bertz CT molecular complexity index is 680. The zero-order valence-electron chi connectivity index (χ0n) is 14.8. The first kappa shape index (κ1) is 21.0. The Kier molecular flexibility index (Phi) is 9.68. The Morgan fingerprint density at radius 3 is 2.44 bits per heavy atom. The number of aromatic nitrogens is 1. The number of ether oxygens (including phenoxy) is 2. The number of para-hydroxylation sites is 1. The first-order chi connectivity index (χ1) is 11.8. The standard InChI is InChI=1S/C18H24N4O2.HI/c1-4-24-16-10-6-5-8-14(16)12-21-18(19-2)22-13-15-9-7-11-20-17(15)23-3;/h5-11H,4,12-13H2,1-3H3,(H2,19,21,22);1H. The fourth-order valence-electron chi connectivity index (χ4n) is 2.27. The van der Waals surface area contributed by atoms with Crippen molar-refractivity contribution in [2.75, 3.05) is 20.8 Å². The van der Waals surface area contributed by atoms with Gasteiger partial charge in [0, 0.05) is 37.5 Å². The van der Waals surface area contributed by atoms with E-state index in [0.29, 0.717) is 31.5 Å². The predicted molar refractivity (Wildman–Crippen MR) is 111 cm³/mol. The average Bonchev–Trinajstić information content (AvgIpc) is 2.63. The number of guanidine groups is 1. The maximum atomic E-state index is 5.64. The van der Waals surface area contributed by atoms with E-state index < -0.39 is 0 Å². The van der Waals surface area contributed by atoms with Crippen LogP contribution in [0.5, 0.6) is 11.6 Å². The van der Waals surface area contributed by atoms with Crippen molar-refractivity contribution in [3.63, 3.8) is 0 Å². The summed E-state index contributed by atoms with van der Waals surface area (Å²) in [4.78, 5) is 8.43. The third kappa shape index (κ3) is 6.41. The molecule has 6 nitrogen and oxygen atoms in total. The molecule has 0 saturated heterocycles. The Labute approximate surface area is 166 Å². The molecule has 0 saturated carbocycles. The monoisotopic (exact) mass is 456 g/mol. The summed E-state index contributed by atoms with van der Waals surface area (Å²) in [6.45, 7) is 3.82. The molecule has 0 unspecified atom stereocenters. The van der Waals surface area contributed by atoms with Crippen molar-refractivity contribution in [2.45, 2.75) is 20.0 Å². The number of rotatable bonds is 7. The molecule has 25 heavy (non-hydrogen) atoms. The van der Waals surface area contributed by atoms with E-state index >= 15 is 0 Å². The van der Waals surface area contributed by atoms with Gasteiger partial charge >= 0.3 is 0 Å². The summed E-state index contributed by atoms with van der Waals surface area (Å²) in [5, 5.41) is 6.55. The molecule has 0 aliphatic rings. The number of pyridine rings is 1. The number of nitrogens with zero attached hydrogens (tertiary/aromatic N) is 2. The summed E-state index contributed by atoms with van der Waals surface area (Å²) >= 11 is 0. The average molecular weight is 456 g/mol. The van der Waals surface area contributed by atoms with Gasteiger partial charge in [0.05, 0.1) is 13.7 Å². The molecule has 0 aliphatic heterocycles. The van der Waals surface area contributed by atoms with E-state index in [1.165, 1.54) is 0 Å². The number of hydrogen-bond donors (Lipinski definition) is 2. The van der Waals surface area contributed by atoms with E-state index in [1.54, 1.807) is 20.4 Å². The number of halogens is 1. The number of methoxy groups -OCH3 is 1. The third-order valence-electron chi connectivity index (χ3n) is 3.43. The lowest BCUT2D eigenvalue weighted by molar-refractivity contribution is 0.336. The number of hydrogen-bond acceptors (Lipinski definition) is 4. The zero-order chi connectivity index (χ0) is 17.2. The summed E-state index contributed by atoms with van der Waals surface area (Å²) in [5.74, 6) is 2.20. The van der Waals surface area contributed by atoms with Crippen LogP contribution in [0, 0.1) is 0 Å². The summed E-state index contributed by atoms with van der Waals surface area (Å²) in [6, 6.07) is 11.8. The van der Waals surface area contributed by atoms with E-state index in [9.17, 15) is 0 Å². The van der Waals surface area contributed by atoms with Crippen LogP contribution in [0.4, 0.5) is 0 Å². The highest BCUT2D eigenvalue weighted by molar-refractivity contribution is 14.0. The topological polar surface area (TPSA) is 67.8 Å². The Morgan fingerprint density at radius 1 is 1.08 bits per heavy atom. The Morgan fingerprint density at radius 2 is 1.76 bits per heavy atom. The van der Waals surface area contributed by atoms with Crippen LogP contribution in [-0.2, 0) is 13.1 Å². The smallest absolute Gasteiger partial charge is 0.218 e. The molecule has 0 spiro atoms. The summed E-state index contributed by atoms with van der Waals surface area (Å²) in [5.41, 5.74) is 2.05. The van der Waals surface area contributed by atoms with E-state index in [2.05, 4.69) is 20.6 Å². The molecule has 2 aromatic rings. The highest BCUT2D eigenvalue weighted by Gasteiger charge is 2.06. The minimum absolute atomic E-state index is 0. The highest BCUT2D eigenvalue weighted by atomic mass is 127. The lowest BCUT2D eigenvalue weighted by Gasteiger charge is -2.15. The molecular formula is C18H25IN4O2. The van der Waals surface area contributed by atoms with Crippen LogP contribution in [0.1, 0.15) is 18.1 Å². The van der Waals surface area contributed by atoms with Crippen LogP contribution >= 0.6 is 24.0 Å². The largest absolute Gasteiger partial charge is 0.494 e. The third-order valence-corrected chi connectivity index (χ3v) is 3.43. The van der Waals surface area contributed by atoms with Crippen LogP contribution in [-0.4, -0.2) is 31.7 Å². The van der Waals surface area contributed by atoms with Gasteiger partial charge in [-0.3, -0.25) is 4.99 Å². The highest BCUT2D eigenvalue weighted by Crippen LogP contribution is 2.17. The van der Waals surface area contributed by atoms with Crippen LogP contribution < -0.4 is 20.1 Å². The van der Waals surface area contributed by atoms with Crippen molar-refractivity contribution >= 4 is 29.9 Å². The molecule has 0 aliphatic carbocycles. The molecule has 0 amide bonds. The maximum absolute atomic E-state index is 5.64. The van der Waals surface area contributed by atoms with Crippen LogP contribution in [0.25, 0.3) is 0 Å². The van der Waals surface area contributed by atoms with Crippen LogP contribution in [0.15, 0.2) is 47.6 Å². The molecule has 1 aromatic heterocycles. The van der Waals surface area contributed by atoms with Crippen molar-refractivity contribution in [3.05, 3.63) is 53.7 Å². The summed E-state index contributed by atoms with van der Waals surface area (Å²) in [6.07, 6.45) is 1.71. The van der Waals surface area contributed by atoms with E-state index in [0.717, 1.165) is 16.9 Å².